The lowest BCUT2D eigenvalue weighted by atomic mass is 10.1. The monoisotopic (exact) mass is 289 g/mol. The first kappa shape index (κ1) is 14.6. The van der Waals surface area contributed by atoms with Crippen molar-refractivity contribution in [2.24, 2.45) is 5.73 Å². The van der Waals surface area contributed by atoms with Crippen molar-refractivity contribution >= 4 is 12.2 Å². The zero-order valence-electron chi connectivity index (χ0n) is 11.4. The predicted octanol–water partition coefficient (Wildman–Crippen LogP) is 1.94. The van der Waals surface area contributed by atoms with Gasteiger partial charge in [-0.15, -0.1) is 0 Å². The Balaban J connectivity index is 2.51. The number of halogens is 1. The molecule has 1 amide bonds. The van der Waals surface area contributed by atoms with Crippen LogP contribution in [0.4, 0.5) is 4.39 Å². The van der Waals surface area contributed by atoms with Gasteiger partial charge >= 0.3 is 0 Å². The fourth-order valence-electron chi connectivity index (χ4n) is 1.81. The molecule has 0 aromatic carbocycles. The molecule has 0 fully saturated rings. The second kappa shape index (κ2) is 5.66. The molecule has 2 rings (SSSR count). The van der Waals surface area contributed by atoms with Crippen LogP contribution in [0.15, 0.2) is 18.3 Å². The SMILES string of the molecule is Cc1nc(F)ccc1Oc1ncc(C=O)c(C)c1C(N)=O. The van der Waals surface area contributed by atoms with Crippen LogP contribution in [0, 0.1) is 19.8 Å². The third kappa shape index (κ3) is 2.86. The Kier molecular flexibility index (Phi) is 3.93. The van der Waals surface area contributed by atoms with Crippen LogP contribution in [-0.4, -0.2) is 22.2 Å². The highest BCUT2D eigenvalue weighted by atomic mass is 19.1. The number of pyridine rings is 2. The number of primary amides is 1. The van der Waals surface area contributed by atoms with Crippen molar-refractivity contribution in [3.05, 3.63) is 46.7 Å². The number of aldehydes is 1. The summed E-state index contributed by atoms with van der Waals surface area (Å²) in [7, 11) is 0. The first-order valence-electron chi connectivity index (χ1n) is 5.99. The Hall–Kier alpha value is -2.83. The predicted molar refractivity (Wildman–Crippen MR) is 71.9 cm³/mol. The summed E-state index contributed by atoms with van der Waals surface area (Å²) in [5.74, 6) is -1.23. The number of nitrogens with zero attached hydrogens (tertiary/aromatic N) is 2. The normalized spacial score (nSPS) is 10.2. The van der Waals surface area contributed by atoms with Gasteiger partial charge in [-0.25, -0.2) is 9.97 Å². The van der Waals surface area contributed by atoms with E-state index >= 15 is 0 Å². The molecule has 21 heavy (non-hydrogen) atoms. The molecular formula is C14H12FN3O3. The van der Waals surface area contributed by atoms with Crippen molar-refractivity contribution in [1.82, 2.24) is 9.97 Å². The van der Waals surface area contributed by atoms with Crippen LogP contribution in [0.1, 0.15) is 32.0 Å². The second-order valence-corrected chi connectivity index (χ2v) is 4.32. The highest BCUT2D eigenvalue weighted by Gasteiger charge is 2.19. The van der Waals surface area contributed by atoms with E-state index < -0.39 is 11.9 Å². The van der Waals surface area contributed by atoms with E-state index in [4.69, 9.17) is 10.5 Å². The van der Waals surface area contributed by atoms with E-state index in [0.29, 0.717) is 17.5 Å². The van der Waals surface area contributed by atoms with Gasteiger partial charge in [0.25, 0.3) is 5.91 Å². The lowest BCUT2D eigenvalue weighted by Crippen LogP contribution is -2.16. The summed E-state index contributed by atoms with van der Waals surface area (Å²) in [4.78, 5) is 30.0. The highest BCUT2D eigenvalue weighted by molar-refractivity contribution is 5.98. The number of aryl methyl sites for hydroxylation is 1. The Morgan fingerprint density at radius 2 is 2.10 bits per heavy atom. The van der Waals surface area contributed by atoms with Gasteiger partial charge in [0.15, 0.2) is 12.0 Å². The Morgan fingerprint density at radius 1 is 1.38 bits per heavy atom. The molecule has 6 nitrogen and oxygen atoms in total. The molecule has 0 aliphatic carbocycles. The maximum absolute atomic E-state index is 13.0. The van der Waals surface area contributed by atoms with Crippen LogP contribution in [0.5, 0.6) is 11.6 Å². The van der Waals surface area contributed by atoms with Crippen molar-refractivity contribution in [2.75, 3.05) is 0 Å². The molecule has 2 aromatic rings. The first-order chi connectivity index (χ1) is 9.93. The number of nitrogens with two attached hydrogens (primary N) is 1. The molecule has 2 aromatic heterocycles. The van der Waals surface area contributed by atoms with E-state index in [9.17, 15) is 14.0 Å². The fraction of sp³-hybridized carbons (Fsp3) is 0.143. The quantitative estimate of drug-likeness (QED) is 0.685. The number of carbonyl (C=O) groups excluding carboxylic acids is 2. The molecule has 0 saturated heterocycles. The van der Waals surface area contributed by atoms with Gasteiger partial charge in [-0.1, -0.05) is 0 Å². The molecule has 0 aliphatic rings. The summed E-state index contributed by atoms with van der Waals surface area (Å²) in [5, 5.41) is 0. The number of aromatic nitrogens is 2. The summed E-state index contributed by atoms with van der Waals surface area (Å²) in [5.41, 5.74) is 6.21. The maximum atomic E-state index is 13.0. The third-order valence-corrected chi connectivity index (χ3v) is 2.93. The van der Waals surface area contributed by atoms with Crippen molar-refractivity contribution in [3.8, 4) is 11.6 Å². The van der Waals surface area contributed by atoms with E-state index in [2.05, 4.69) is 9.97 Å². The standard InChI is InChI=1S/C14H12FN3O3/c1-7-9(6-19)5-17-14(12(7)13(16)20)21-10-3-4-11(15)18-8(10)2/h3-6H,1-2H3,(H2,16,20). The second-order valence-electron chi connectivity index (χ2n) is 4.32. The first-order valence-corrected chi connectivity index (χ1v) is 5.99. The van der Waals surface area contributed by atoms with E-state index in [1.165, 1.54) is 12.3 Å². The molecule has 0 aliphatic heterocycles. The van der Waals surface area contributed by atoms with E-state index in [1.807, 2.05) is 0 Å². The summed E-state index contributed by atoms with van der Waals surface area (Å²) in [6.45, 7) is 3.11. The summed E-state index contributed by atoms with van der Waals surface area (Å²) >= 11 is 0. The number of carbonyl (C=O) groups is 2. The number of ether oxygens (including phenoxy) is 1. The van der Waals surface area contributed by atoms with E-state index in [-0.39, 0.29) is 22.8 Å². The van der Waals surface area contributed by atoms with Gasteiger partial charge < -0.3 is 10.5 Å². The van der Waals surface area contributed by atoms with Crippen LogP contribution in [0.2, 0.25) is 0 Å². The number of hydrogen-bond acceptors (Lipinski definition) is 5. The Bertz CT molecular complexity index is 732. The van der Waals surface area contributed by atoms with Gasteiger partial charge in [0.2, 0.25) is 11.8 Å². The third-order valence-electron chi connectivity index (χ3n) is 2.93. The molecule has 0 atom stereocenters. The summed E-state index contributed by atoms with van der Waals surface area (Å²) in [6.07, 6.45) is 1.85. The molecule has 2 heterocycles. The average Bonchev–Trinajstić information content (AvgIpc) is 2.41. The van der Waals surface area contributed by atoms with Gasteiger partial charge in [0.1, 0.15) is 5.56 Å². The molecule has 0 spiro atoms. The Labute approximate surface area is 119 Å². The molecule has 108 valence electrons. The fourth-order valence-corrected chi connectivity index (χ4v) is 1.81. The van der Waals surface area contributed by atoms with Gasteiger partial charge in [0, 0.05) is 11.8 Å². The topological polar surface area (TPSA) is 95.2 Å². The van der Waals surface area contributed by atoms with E-state index in [0.717, 1.165) is 6.07 Å². The van der Waals surface area contributed by atoms with Crippen LogP contribution in [0.25, 0.3) is 0 Å². The zero-order valence-corrected chi connectivity index (χ0v) is 11.4. The Morgan fingerprint density at radius 3 is 2.67 bits per heavy atom. The van der Waals surface area contributed by atoms with Crippen molar-refractivity contribution in [1.29, 1.82) is 0 Å². The average molecular weight is 289 g/mol. The van der Waals surface area contributed by atoms with Crippen LogP contribution >= 0.6 is 0 Å². The molecule has 0 saturated carbocycles. The van der Waals surface area contributed by atoms with Gasteiger partial charge in [-0.05, 0) is 31.5 Å². The van der Waals surface area contributed by atoms with Crippen LogP contribution < -0.4 is 10.5 Å². The maximum Gasteiger partial charge on any atom is 0.254 e. The molecule has 7 heteroatoms. The smallest absolute Gasteiger partial charge is 0.254 e. The summed E-state index contributed by atoms with van der Waals surface area (Å²) in [6, 6.07) is 2.49. The van der Waals surface area contributed by atoms with Gasteiger partial charge in [-0.3, -0.25) is 9.59 Å². The minimum absolute atomic E-state index is 0.00308. The number of amides is 1. The lowest BCUT2D eigenvalue weighted by molar-refractivity contribution is 0.0996. The van der Waals surface area contributed by atoms with Gasteiger partial charge in [0.05, 0.1) is 5.69 Å². The van der Waals surface area contributed by atoms with E-state index in [1.54, 1.807) is 13.8 Å². The molecule has 0 bridgehead atoms. The van der Waals surface area contributed by atoms with Crippen LogP contribution in [0.3, 0.4) is 0 Å². The lowest BCUT2D eigenvalue weighted by Gasteiger charge is -2.12. The molecular weight excluding hydrogens is 277 g/mol. The van der Waals surface area contributed by atoms with Crippen molar-refractivity contribution in [2.45, 2.75) is 13.8 Å². The largest absolute Gasteiger partial charge is 0.436 e. The molecule has 0 radical (unpaired) electrons. The molecule has 0 unspecified atom stereocenters. The van der Waals surface area contributed by atoms with Crippen molar-refractivity contribution in [3.63, 3.8) is 0 Å². The molecule has 2 N–H and O–H groups in total. The van der Waals surface area contributed by atoms with Gasteiger partial charge in [-0.2, -0.15) is 4.39 Å². The minimum Gasteiger partial charge on any atom is -0.436 e. The minimum atomic E-state index is -0.772. The number of rotatable bonds is 4. The van der Waals surface area contributed by atoms with Crippen LogP contribution in [-0.2, 0) is 0 Å². The number of hydrogen-bond donors (Lipinski definition) is 1. The summed E-state index contributed by atoms with van der Waals surface area (Å²) < 4.78 is 18.4. The van der Waals surface area contributed by atoms with Crippen molar-refractivity contribution < 1.29 is 18.7 Å². The highest BCUT2D eigenvalue weighted by Crippen LogP contribution is 2.28. The zero-order chi connectivity index (χ0) is 15.6.